The molecular weight excluding hydrogens is 208 g/mol. The van der Waals surface area contributed by atoms with Crippen molar-refractivity contribution in [1.29, 1.82) is 0 Å². The van der Waals surface area contributed by atoms with Crippen LogP contribution in [0.4, 0.5) is 0 Å². The van der Waals surface area contributed by atoms with Crippen molar-refractivity contribution in [1.82, 2.24) is 10.3 Å². The Hall–Kier alpha value is -1.91. The lowest BCUT2D eigenvalue weighted by Gasteiger charge is -2.20. The number of amides is 1. The Balaban J connectivity index is 2.92. The summed E-state index contributed by atoms with van der Waals surface area (Å²) in [7, 11) is 0. The van der Waals surface area contributed by atoms with E-state index >= 15 is 0 Å². The fourth-order valence-electron chi connectivity index (χ4n) is 1.08. The standard InChI is InChI=1S/C11H14N2O3/c1-11(2,3)13-9(14)7-5-4-6-8(12-7)10(15)16/h4-6H,1-3H3,(H,13,14)(H,15,16). The number of hydrogen-bond donors (Lipinski definition) is 2. The molecule has 0 spiro atoms. The van der Waals surface area contributed by atoms with Crippen molar-refractivity contribution in [3.05, 3.63) is 29.6 Å². The number of nitrogens with one attached hydrogen (secondary N) is 1. The van der Waals surface area contributed by atoms with E-state index in [1.54, 1.807) is 0 Å². The van der Waals surface area contributed by atoms with E-state index in [4.69, 9.17) is 5.11 Å². The van der Waals surface area contributed by atoms with Gasteiger partial charge in [-0.1, -0.05) is 6.07 Å². The molecule has 1 aromatic heterocycles. The van der Waals surface area contributed by atoms with Crippen LogP contribution >= 0.6 is 0 Å². The van der Waals surface area contributed by atoms with E-state index in [-0.39, 0.29) is 22.8 Å². The first-order chi connectivity index (χ1) is 7.29. The van der Waals surface area contributed by atoms with Crippen LogP contribution in [0.2, 0.25) is 0 Å². The average Bonchev–Trinajstić information content (AvgIpc) is 2.15. The van der Waals surface area contributed by atoms with Gasteiger partial charge in [-0.15, -0.1) is 0 Å². The van der Waals surface area contributed by atoms with Crippen molar-refractivity contribution >= 4 is 11.9 Å². The molecule has 0 radical (unpaired) electrons. The summed E-state index contributed by atoms with van der Waals surface area (Å²) in [4.78, 5) is 26.1. The number of carboxylic acids is 1. The minimum absolute atomic E-state index is 0.106. The van der Waals surface area contributed by atoms with Crippen LogP contribution in [0.5, 0.6) is 0 Å². The Labute approximate surface area is 93.5 Å². The highest BCUT2D eigenvalue weighted by Gasteiger charge is 2.17. The van der Waals surface area contributed by atoms with Crippen molar-refractivity contribution in [2.45, 2.75) is 26.3 Å². The number of nitrogens with zero attached hydrogens (tertiary/aromatic N) is 1. The molecule has 1 aromatic rings. The third-order valence-corrected chi connectivity index (χ3v) is 1.69. The number of rotatable bonds is 2. The van der Waals surface area contributed by atoms with Gasteiger partial charge in [0.05, 0.1) is 0 Å². The van der Waals surface area contributed by atoms with Gasteiger partial charge in [-0.25, -0.2) is 9.78 Å². The molecule has 0 aliphatic rings. The van der Waals surface area contributed by atoms with E-state index in [1.807, 2.05) is 20.8 Å². The molecular formula is C11H14N2O3. The maximum absolute atomic E-state index is 11.7. The van der Waals surface area contributed by atoms with Gasteiger partial charge in [0.2, 0.25) is 0 Å². The van der Waals surface area contributed by atoms with Crippen LogP contribution in [-0.4, -0.2) is 27.5 Å². The lowest BCUT2D eigenvalue weighted by molar-refractivity contribution is 0.0690. The largest absolute Gasteiger partial charge is 0.477 e. The molecule has 5 heteroatoms. The van der Waals surface area contributed by atoms with E-state index in [0.29, 0.717) is 0 Å². The number of carbonyl (C=O) groups is 2. The molecule has 0 atom stereocenters. The second kappa shape index (κ2) is 4.30. The van der Waals surface area contributed by atoms with Gasteiger partial charge in [0.1, 0.15) is 11.4 Å². The molecule has 2 N–H and O–H groups in total. The fourth-order valence-corrected chi connectivity index (χ4v) is 1.08. The molecule has 0 aliphatic heterocycles. The highest BCUT2D eigenvalue weighted by Crippen LogP contribution is 2.04. The summed E-state index contributed by atoms with van der Waals surface area (Å²) >= 11 is 0. The number of hydrogen-bond acceptors (Lipinski definition) is 3. The summed E-state index contributed by atoms with van der Waals surface area (Å²) < 4.78 is 0. The molecule has 1 heterocycles. The lowest BCUT2D eigenvalue weighted by Crippen LogP contribution is -2.41. The van der Waals surface area contributed by atoms with Crippen LogP contribution in [0, 0.1) is 0 Å². The molecule has 0 bridgehead atoms. The topological polar surface area (TPSA) is 79.3 Å². The summed E-state index contributed by atoms with van der Waals surface area (Å²) in [5, 5.41) is 11.4. The smallest absolute Gasteiger partial charge is 0.354 e. The van der Waals surface area contributed by atoms with Gasteiger partial charge in [0.25, 0.3) is 5.91 Å². The van der Waals surface area contributed by atoms with Gasteiger partial charge in [-0.2, -0.15) is 0 Å². The monoisotopic (exact) mass is 222 g/mol. The number of pyridine rings is 1. The van der Waals surface area contributed by atoms with E-state index in [0.717, 1.165) is 0 Å². The Morgan fingerprint density at radius 2 is 1.81 bits per heavy atom. The molecule has 16 heavy (non-hydrogen) atoms. The first-order valence-electron chi connectivity index (χ1n) is 4.82. The van der Waals surface area contributed by atoms with Crippen LogP contribution in [0.25, 0.3) is 0 Å². The van der Waals surface area contributed by atoms with Crippen LogP contribution in [-0.2, 0) is 0 Å². The second-order valence-electron chi connectivity index (χ2n) is 4.42. The first kappa shape index (κ1) is 12.2. The Morgan fingerprint density at radius 3 is 2.31 bits per heavy atom. The minimum atomic E-state index is -1.15. The fraction of sp³-hybridized carbons (Fsp3) is 0.364. The summed E-state index contributed by atoms with van der Waals surface area (Å²) in [5.74, 6) is -1.53. The molecule has 0 unspecified atom stereocenters. The van der Waals surface area contributed by atoms with E-state index in [9.17, 15) is 9.59 Å². The first-order valence-corrected chi connectivity index (χ1v) is 4.82. The molecule has 0 saturated carbocycles. The maximum Gasteiger partial charge on any atom is 0.354 e. The van der Waals surface area contributed by atoms with Crippen LogP contribution < -0.4 is 5.32 Å². The van der Waals surface area contributed by atoms with Gasteiger partial charge in [0, 0.05) is 5.54 Å². The van der Waals surface area contributed by atoms with Gasteiger partial charge in [-0.3, -0.25) is 4.79 Å². The van der Waals surface area contributed by atoms with Gasteiger partial charge in [-0.05, 0) is 32.9 Å². The Bertz CT molecular complexity index is 421. The van der Waals surface area contributed by atoms with E-state index < -0.39 is 5.97 Å². The third-order valence-electron chi connectivity index (χ3n) is 1.69. The highest BCUT2D eigenvalue weighted by atomic mass is 16.4. The Kier molecular flexibility index (Phi) is 3.27. The zero-order chi connectivity index (χ0) is 12.3. The number of carbonyl (C=O) groups excluding carboxylic acids is 1. The predicted molar refractivity (Wildman–Crippen MR) is 58.4 cm³/mol. The minimum Gasteiger partial charge on any atom is -0.477 e. The van der Waals surface area contributed by atoms with Crippen molar-refractivity contribution in [2.75, 3.05) is 0 Å². The summed E-state index contributed by atoms with van der Waals surface area (Å²) in [6.07, 6.45) is 0. The summed E-state index contributed by atoms with van der Waals surface area (Å²) in [6, 6.07) is 4.32. The SMILES string of the molecule is CC(C)(C)NC(=O)c1cccc(C(=O)O)n1. The predicted octanol–water partition coefficient (Wildman–Crippen LogP) is 1.31. The maximum atomic E-state index is 11.7. The van der Waals surface area contributed by atoms with Crippen molar-refractivity contribution in [3.8, 4) is 0 Å². The van der Waals surface area contributed by atoms with Gasteiger partial charge >= 0.3 is 5.97 Å². The Morgan fingerprint density at radius 1 is 1.25 bits per heavy atom. The van der Waals surface area contributed by atoms with Crippen molar-refractivity contribution < 1.29 is 14.7 Å². The van der Waals surface area contributed by atoms with E-state index in [2.05, 4.69) is 10.3 Å². The summed E-state index contributed by atoms with van der Waals surface area (Å²) in [6.45, 7) is 5.52. The molecule has 86 valence electrons. The molecule has 5 nitrogen and oxygen atoms in total. The second-order valence-corrected chi connectivity index (χ2v) is 4.42. The summed E-state index contributed by atoms with van der Waals surface area (Å²) in [5.41, 5.74) is -0.408. The quantitative estimate of drug-likeness (QED) is 0.790. The average molecular weight is 222 g/mol. The van der Waals surface area contributed by atoms with Crippen molar-refractivity contribution in [2.24, 2.45) is 0 Å². The molecule has 0 aliphatic carbocycles. The number of aromatic carboxylic acids is 1. The molecule has 0 fully saturated rings. The molecule has 0 aromatic carbocycles. The molecule has 1 rings (SSSR count). The zero-order valence-corrected chi connectivity index (χ0v) is 9.44. The normalized spacial score (nSPS) is 10.9. The van der Waals surface area contributed by atoms with Gasteiger partial charge < -0.3 is 10.4 Å². The van der Waals surface area contributed by atoms with Crippen molar-refractivity contribution in [3.63, 3.8) is 0 Å². The van der Waals surface area contributed by atoms with Crippen LogP contribution in [0.1, 0.15) is 41.7 Å². The number of aromatic nitrogens is 1. The van der Waals surface area contributed by atoms with Crippen LogP contribution in [0.15, 0.2) is 18.2 Å². The van der Waals surface area contributed by atoms with E-state index in [1.165, 1.54) is 18.2 Å². The molecule has 0 saturated heterocycles. The lowest BCUT2D eigenvalue weighted by atomic mass is 10.1. The zero-order valence-electron chi connectivity index (χ0n) is 9.44. The highest BCUT2D eigenvalue weighted by molar-refractivity contribution is 5.94. The van der Waals surface area contributed by atoms with Gasteiger partial charge in [0.15, 0.2) is 0 Å². The van der Waals surface area contributed by atoms with Crippen LogP contribution in [0.3, 0.4) is 0 Å². The number of carboxylic acid groups (broad SMARTS) is 1. The third kappa shape index (κ3) is 3.34. The molecule has 1 amide bonds.